The third kappa shape index (κ3) is 4.47. The molecule has 3 aromatic heterocycles. The molecule has 0 saturated carbocycles. The number of rotatable bonds is 5. The molecule has 5 rings (SSSR count). The van der Waals surface area contributed by atoms with E-state index in [9.17, 15) is 22.8 Å². The molecule has 0 radical (unpaired) electrons. The van der Waals surface area contributed by atoms with Crippen LogP contribution in [0.5, 0.6) is 5.75 Å². The summed E-state index contributed by atoms with van der Waals surface area (Å²) in [6.07, 6.45) is -1.37. The summed E-state index contributed by atoms with van der Waals surface area (Å²) in [5.74, 6) is 0.237. The first-order chi connectivity index (χ1) is 18.1. The van der Waals surface area contributed by atoms with Crippen molar-refractivity contribution in [1.82, 2.24) is 24.6 Å². The van der Waals surface area contributed by atoms with E-state index in [0.717, 1.165) is 12.1 Å². The zero-order valence-electron chi connectivity index (χ0n) is 20.6. The highest BCUT2D eigenvalue weighted by Gasteiger charge is 2.30. The van der Waals surface area contributed by atoms with Crippen LogP contribution < -0.4 is 15.6 Å². The molecule has 11 heteroatoms. The second kappa shape index (κ2) is 9.33. The smallest absolute Gasteiger partial charge is 0.416 e. The number of benzene rings is 2. The fraction of sp³-hybridized carbons (Fsp3) is 0.185. The number of methoxy groups -OCH3 is 1. The van der Waals surface area contributed by atoms with Crippen LogP contribution in [-0.2, 0) is 13.2 Å². The van der Waals surface area contributed by atoms with Gasteiger partial charge in [0, 0.05) is 42.1 Å². The SMILES string of the molecule is COc1ccnc([C@H](C)NC(=O)c2ccc3c(c2)c2nn(C)cc2c(=O)n3-c2ccc(C(F)(F)F)cc2)c1. The van der Waals surface area contributed by atoms with E-state index in [0.29, 0.717) is 33.4 Å². The molecule has 0 saturated heterocycles. The van der Waals surface area contributed by atoms with Gasteiger partial charge in [-0.25, -0.2) is 0 Å². The minimum atomic E-state index is -4.50. The molecule has 194 valence electrons. The number of aryl methyl sites for hydroxylation is 1. The lowest BCUT2D eigenvalue weighted by Gasteiger charge is -2.16. The lowest BCUT2D eigenvalue weighted by Crippen LogP contribution is -2.27. The summed E-state index contributed by atoms with van der Waals surface area (Å²) in [4.78, 5) is 30.8. The van der Waals surface area contributed by atoms with Crippen molar-refractivity contribution in [1.29, 1.82) is 0 Å². The molecule has 0 aliphatic rings. The predicted molar refractivity (Wildman–Crippen MR) is 135 cm³/mol. The van der Waals surface area contributed by atoms with Gasteiger partial charge in [-0.05, 0) is 55.5 Å². The number of amides is 1. The van der Waals surface area contributed by atoms with Gasteiger partial charge in [0.15, 0.2) is 0 Å². The summed E-state index contributed by atoms with van der Waals surface area (Å²) < 4.78 is 47.3. The van der Waals surface area contributed by atoms with E-state index >= 15 is 0 Å². The van der Waals surface area contributed by atoms with Gasteiger partial charge in [0.05, 0.1) is 35.3 Å². The van der Waals surface area contributed by atoms with E-state index in [2.05, 4.69) is 15.4 Å². The Kier molecular flexibility index (Phi) is 6.14. The first-order valence-corrected chi connectivity index (χ1v) is 11.6. The molecule has 3 heterocycles. The van der Waals surface area contributed by atoms with Crippen molar-refractivity contribution in [2.45, 2.75) is 19.1 Å². The standard InChI is InChI=1S/C27H22F3N5O3/c1-15(22-13-19(38-3)10-11-31-22)32-25(36)16-4-9-23-20(12-16)24-21(14-34(2)33-24)26(37)35(23)18-7-5-17(6-8-18)27(28,29)30/h4-15H,1-3H3,(H,32,36)/t15-/m0/s1. The maximum atomic E-state index is 13.4. The molecule has 1 N–H and O–H groups in total. The monoisotopic (exact) mass is 521 g/mol. The maximum absolute atomic E-state index is 13.4. The molecular formula is C27H22F3N5O3. The van der Waals surface area contributed by atoms with Crippen LogP contribution in [0.4, 0.5) is 13.2 Å². The summed E-state index contributed by atoms with van der Waals surface area (Å²) >= 11 is 0. The third-order valence-electron chi connectivity index (χ3n) is 6.25. The van der Waals surface area contributed by atoms with E-state index in [4.69, 9.17) is 4.74 Å². The van der Waals surface area contributed by atoms with Crippen LogP contribution in [0.15, 0.2) is 71.8 Å². The molecule has 38 heavy (non-hydrogen) atoms. The minimum Gasteiger partial charge on any atom is -0.497 e. The molecule has 0 fully saturated rings. The van der Waals surface area contributed by atoms with Crippen molar-refractivity contribution in [3.63, 3.8) is 0 Å². The van der Waals surface area contributed by atoms with Crippen molar-refractivity contribution < 1.29 is 22.7 Å². The summed E-state index contributed by atoms with van der Waals surface area (Å²) in [5.41, 5.74) is 0.718. The van der Waals surface area contributed by atoms with Crippen molar-refractivity contribution in [3.05, 3.63) is 94.2 Å². The average molecular weight is 521 g/mol. The molecule has 5 aromatic rings. The zero-order chi connectivity index (χ0) is 27.2. The average Bonchev–Trinajstić information content (AvgIpc) is 3.30. The highest BCUT2D eigenvalue weighted by molar-refractivity contribution is 6.07. The zero-order valence-corrected chi connectivity index (χ0v) is 20.6. The quantitative estimate of drug-likeness (QED) is 0.359. The predicted octanol–water partition coefficient (Wildman–Crippen LogP) is 4.79. The number of nitrogens with zero attached hydrogens (tertiary/aromatic N) is 4. The van der Waals surface area contributed by atoms with Crippen LogP contribution >= 0.6 is 0 Å². The number of aromatic nitrogens is 4. The van der Waals surface area contributed by atoms with Gasteiger partial charge in [0.25, 0.3) is 11.5 Å². The van der Waals surface area contributed by atoms with Crippen molar-refractivity contribution >= 4 is 27.7 Å². The second-order valence-corrected chi connectivity index (χ2v) is 8.80. The highest BCUT2D eigenvalue weighted by atomic mass is 19.4. The Balaban J connectivity index is 1.59. The number of pyridine rings is 2. The van der Waals surface area contributed by atoms with Crippen LogP contribution in [0, 0.1) is 0 Å². The summed E-state index contributed by atoms with van der Waals surface area (Å²) in [6, 6.07) is 12.1. The van der Waals surface area contributed by atoms with E-state index in [1.54, 1.807) is 63.8 Å². The number of carbonyl (C=O) groups excluding carboxylic acids is 1. The van der Waals surface area contributed by atoms with Crippen LogP contribution in [0.1, 0.15) is 34.6 Å². The van der Waals surface area contributed by atoms with Gasteiger partial charge in [0.1, 0.15) is 11.3 Å². The Bertz CT molecular complexity index is 1740. The molecule has 0 bridgehead atoms. The fourth-order valence-electron chi connectivity index (χ4n) is 4.34. The van der Waals surface area contributed by atoms with Crippen molar-refractivity contribution in [2.75, 3.05) is 7.11 Å². The lowest BCUT2D eigenvalue weighted by atomic mass is 10.1. The van der Waals surface area contributed by atoms with E-state index in [1.165, 1.54) is 21.4 Å². The van der Waals surface area contributed by atoms with Gasteiger partial charge >= 0.3 is 6.18 Å². The third-order valence-corrected chi connectivity index (χ3v) is 6.25. The van der Waals surface area contributed by atoms with Crippen LogP contribution in [0.2, 0.25) is 0 Å². The van der Waals surface area contributed by atoms with E-state index < -0.39 is 23.3 Å². The number of hydrogen-bond acceptors (Lipinski definition) is 5. The molecule has 0 unspecified atom stereocenters. The van der Waals surface area contributed by atoms with Gasteiger partial charge in [-0.3, -0.25) is 23.8 Å². The first-order valence-electron chi connectivity index (χ1n) is 11.6. The number of halogens is 3. The Morgan fingerprint density at radius 2 is 1.79 bits per heavy atom. The molecule has 1 atom stereocenters. The molecular weight excluding hydrogens is 499 g/mol. The van der Waals surface area contributed by atoms with Gasteiger partial charge in [-0.1, -0.05) is 0 Å². The summed E-state index contributed by atoms with van der Waals surface area (Å²) in [6.45, 7) is 1.79. The molecule has 2 aromatic carbocycles. The minimum absolute atomic E-state index is 0.258. The number of nitrogens with one attached hydrogen (secondary N) is 1. The van der Waals surface area contributed by atoms with Crippen LogP contribution in [-0.4, -0.2) is 32.3 Å². The van der Waals surface area contributed by atoms with Crippen molar-refractivity contribution in [3.8, 4) is 11.4 Å². The molecule has 8 nitrogen and oxygen atoms in total. The normalized spacial score (nSPS) is 12.6. The van der Waals surface area contributed by atoms with Crippen LogP contribution in [0.25, 0.3) is 27.5 Å². The Hall–Kier alpha value is -4.67. The van der Waals surface area contributed by atoms with Crippen LogP contribution in [0.3, 0.4) is 0 Å². The number of alkyl halides is 3. The highest BCUT2D eigenvalue weighted by Crippen LogP contribution is 2.31. The Labute approximate surface area is 214 Å². The summed E-state index contributed by atoms with van der Waals surface area (Å²) in [7, 11) is 3.20. The molecule has 0 spiro atoms. The van der Waals surface area contributed by atoms with E-state index in [1.807, 2.05) is 0 Å². The lowest BCUT2D eigenvalue weighted by molar-refractivity contribution is -0.137. The second-order valence-electron chi connectivity index (χ2n) is 8.80. The van der Waals surface area contributed by atoms with Gasteiger partial charge in [0.2, 0.25) is 0 Å². The molecule has 0 aliphatic heterocycles. The Morgan fingerprint density at radius 3 is 2.47 bits per heavy atom. The van der Waals surface area contributed by atoms with Crippen molar-refractivity contribution in [2.24, 2.45) is 7.05 Å². The Morgan fingerprint density at radius 1 is 1.05 bits per heavy atom. The number of hydrogen-bond donors (Lipinski definition) is 1. The molecule has 0 aliphatic carbocycles. The maximum Gasteiger partial charge on any atom is 0.416 e. The first kappa shape index (κ1) is 25.0. The summed E-state index contributed by atoms with van der Waals surface area (Å²) in [5, 5.41) is 8.08. The van der Waals surface area contributed by atoms with Gasteiger partial charge in [-0.2, -0.15) is 18.3 Å². The number of fused-ring (bicyclic) bond motifs is 3. The number of ether oxygens (including phenoxy) is 1. The number of carbonyl (C=O) groups is 1. The van der Waals surface area contributed by atoms with Gasteiger partial charge < -0.3 is 10.1 Å². The largest absolute Gasteiger partial charge is 0.497 e. The van der Waals surface area contributed by atoms with Gasteiger partial charge in [-0.15, -0.1) is 0 Å². The fourth-order valence-corrected chi connectivity index (χ4v) is 4.34. The topological polar surface area (TPSA) is 91.0 Å². The van der Waals surface area contributed by atoms with E-state index in [-0.39, 0.29) is 17.0 Å². The molecule has 1 amide bonds.